The molecule has 2 aromatic heterocycles. The predicted molar refractivity (Wildman–Crippen MR) is 86.2 cm³/mol. The van der Waals surface area contributed by atoms with Crippen LogP contribution in [0, 0.1) is 5.92 Å². The van der Waals surface area contributed by atoms with Crippen LogP contribution in [-0.4, -0.2) is 38.6 Å². The number of hydrogen-bond donors (Lipinski definition) is 1. The van der Waals surface area contributed by atoms with Gasteiger partial charge in [-0.2, -0.15) is 0 Å². The number of aliphatic hydroxyl groups excluding tert-OH is 1. The number of hydrogen-bond acceptors (Lipinski definition) is 4. The van der Waals surface area contributed by atoms with E-state index in [9.17, 15) is 9.90 Å². The molecule has 0 aromatic carbocycles. The summed E-state index contributed by atoms with van der Waals surface area (Å²) in [6.45, 7) is 3.82. The molecule has 1 saturated heterocycles. The Balaban J connectivity index is 1.90. The molecule has 0 spiro atoms. The maximum atomic E-state index is 12.2. The molecule has 3 heterocycles. The van der Waals surface area contributed by atoms with Crippen LogP contribution in [0.25, 0.3) is 5.65 Å². The summed E-state index contributed by atoms with van der Waals surface area (Å²) in [5.41, 5.74) is 1.20. The minimum Gasteiger partial charge on any atom is -0.395 e. The van der Waals surface area contributed by atoms with E-state index in [1.807, 2.05) is 0 Å². The molecule has 2 unspecified atom stereocenters. The number of rotatable bonds is 3. The molecule has 2 atom stereocenters. The van der Waals surface area contributed by atoms with Gasteiger partial charge in [0.2, 0.25) is 0 Å². The Bertz CT molecular complexity index is 731. The largest absolute Gasteiger partial charge is 0.395 e. The first-order valence-electron chi connectivity index (χ1n) is 7.61. The van der Waals surface area contributed by atoms with Gasteiger partial charge >= 0.3 is 0 Å². The maximum absolute atomic E-state index is 12.2. The molecule has 0 aliphatic carbocycles. The first-order chi connectivity index (χ1) is 10.6. The Morgan fingerprint density at radius 2 is 2.27 bits per heavy atom. The number of likely N-dealkylation sites (tertiary alicyclic amines) is 1. The summed E-state index contributed by atoms with van der Waals surface area (Å²) in [5, 5.41) is 10.1. The molecule has 0 saturated carbocycles. The molecule has 5 nitrogen and oxygen atoms in total. The standard InChI is InChI=1S/C16H20ClN3O2/c1-11-3-2-6-19(14(11)10-21)9-13-7-16(22)20-8-12(17)4-5-15(20)18-13/h4-5,7-8,11,14,21H,2-3,6,9-10H2,1H3. The highest BCUT2D eigenvalue weighted by molar-refractivity contribution is 6.30. The van der Waals surface area contributed by atoms with E-state index < -0.39 is 0 Å². The van der Waals surface area contributed by atoms with Crippen molar-refractivity contribution in [3.63, 3.8) is 0 Å². The number of nitrogens with zero attached hydrogens (tertiary/aromatic N) is 3. The van der Waals surface area contributed by atoms with Crippen LogP contribution >= 0.6 is 11.6 Å². The summed E-state index contributed by atoms with van der Waals surface area (Å²) in [6, 6.07) is 5.17. The van der Waals surface area contributed by atoms with Crippen molar-refractivity contribution in [1.29, 1.82) is 0 Å². The lowest BCUT2D eigenvalue weighted by atomic mass is 9.91. The minimum absolute atomic E-state index is 0.131. The smallest absolute Gasteiger partial charge is 0.258 e. The highest BCUT2D eigenvalue weighted by atomic mass is 35.5. The third kappa shape index (κ3) is 3.02. The second kappa shape index (κ2) is 6.36. The fraction of sp³-hybridized carbons (Fsp3) is 0.500. The van der Waals surface area contributed by atoms with E-state index in [4.69, 9.17) is 11.6 Å². The van der Waals surface area contributed by atoms with Crippen molar-refractivity contribution < 1.29 is 5.11 Å². The van der Waals surface area contributed by atoms with E-state index >= 15 is 0 Å². The van der Waals surface area contributed by atoms with Crippen molar-refractivity contribution in [2.75, 3.05) is 13.2 Å². The first-order valence-corrected chi connectivity index (χ1v) is 7.99. The van der Waals surface area contributed by atoms with Gasteiger partial charge in [0.05, 0.1) is 17.3 Å². The third-order valence-corrected chi connectivity index (χ3v) is 4.68. The number of aliphatic hydroxyl groups is 1. The second-order valence-corrected chi connectivity index (χ2v) is 6.44. The Kier molecular flexibility index (Phi) is 4.47. The summed E-state index contributed by atoms with van der Waals surface area (Å²) < 4.78 is 1.45. The van der Waals surface area contributed by atoms with Crippen molar-refractivity contribution >= 4 is 17.2 Å². The number of pyridine rings is 1. The lowest BCUT2D eigenvalue weighted by molar-refractivity contribution is 0.0464. The maximum Gasteiger partial charge on any atom is 0.258 e. The Hall–Kier alpha value is -1.43. The van der Waals surface area contributed by atoms with Gasteiger partial charge in [-0.1, -0.05) is 18.5 Å². The average Bonchev–Trinajstić information content (AvgIpc) is 2.48. The normalized spacial score (nSPS) is 23.0. The van der Waals surface area contributed by atoms with Crippen molar-refractivity contribution in [3.05, 3.63) is 45.5 Å². The van der Waals surface area contributed by atoms with Gasteiger partial charge in [0.1, 0.15) is 5.65 Å². The van der Waals surface area contributed by atoms with Crippen molar-refractivity contribution in [2.45, 2.75) is 32.4 Å². The number of piperidine rings is 1. The minimum atomic E-state index is -0.131. The molecule has 3 rings (SSSR count). The summed E-state index contributed by atoms with van der Waals surface area (Å²) in [7, 11) is 0. The summed E-state index contributed by atoms with van der Waals surface area (Å²) >= 11 is 5.92. The average molecular weight is 322 g/mol. The van der Waals surface area contributed by atoms with Gasteiger partial charge in [-0.15, -0.1) is 0 Å². The van der Waals surface area contributed by atoms with Crippen LogP contribution in [0.3, 0.4) is 0 Å². The van der Waals surface area contributed by atoms with Gasteiger partial charge in [0.15, 0.2) is 0 Å². The van der Waals surface area contributed by atoms with Gasteiger partial charge in [0.25, 0.3) is 5.56 Å². The monoisotopic (exact) mass is 321 g/mol. The lowest BCUT2D eigenvalue weighted by Crippen LogP contribution is -2.46. The third-order valence-electron chi connectivity index (χ3n) is 4.46. The van der Waals surface area contributed by atoms with Gasteiger partial charge in [-0.3, -0.25) is 14.1 Å². The Morgan fingerprint density at radius 3 is 3.05 bits per heavy atom. The molecular weight excluding hydrogens is 302 g/mol. The van der Waals surface area contributed by atoms with Gasteiger partial charge in [0, 0.05) is 24.8 Å². The second-order valence-electron chi connectivity index (χ2n) is 6.00. The van der Waals surface area contributed by atoms with E-state index in [0.29, 0.717) is 23.1 Å². The zero-order chi connectivity index (χ0) is 15.7. The zero-order valence-corrected chi connectivity index (χ0v) is 13.3. The molecule has 1 aliphatic heterocycles. The highest BCUT2D eigenvalue weighted by Crippen LogP contribution is 2.24. The Morgan fingerprint density at radius 1 is 1.45 bits per heavy atom. The van der Waals surface area contributed by atoms with Crippen LogP contribution in [0.4, 0.5) is 0 Å². The van der Waals surface area contributed by atoms with Crippen molar-refractivity contribution in [3.8, 4) is 0 Å². The van der Waals surface area contributed by atoms with Gasteiger partial charge in [-0.05, 0) is 37.4 Å². The van der Waals surface area contributed by atoms with Crippen molar-refractivity contribution in [1.82, 2.24) is 14.3 Å². The summed E-state index contributed by atoms with van der Waals surface area (Å²) in [4.78, 5) is 19.0. The molecule has 0 radical (unpaired) electrons. The van der Waals surface area contributed by atoms with Crippen LogP contribution in [0.2, 0.25) is 5.02 Å². The van der Waals surface area contributed by atoms with Crippen LogP contribution in [-0.2, 0) is 6.54 Å². The van der Waals surface area contributed by atoms with E-state index in [1.165, 1.54) is 4.40 Å². The lowest BCUT2D eigenvalue weighted by Gasteiger charge is -2.38. The molecule has 0 bridgehead atoms. The van der Waals surface area contributed by atoms with E-state index in [0.717, 1.165) is 25.1 Å². The molecule has 1 N–H and O–H groups in total. The van der Waals surface area contributed by atoms with E-state index in [1.54, 1.807) is 24.4 Å². The summed E-state index contributed by atoms with van der Waals surface area (Å²) in [6.07, 6.45) is 3.82. The molecule has 1 fully saturated rings. The van der Waals surface area contributed by atoms with Crippen LogP contribution < -0.4 is 5.56 Å². The van der Waals surface area contributed by atoms with Crippen LogP contribution in [0.5, 0.6) is 0 Å². The number of halogens is 1. The Labute approximate surface area is 134 Å². The van der Waals surface area contributed by atoms with Crippen LogP contribution in [0.15, 0.2) is 29.2 Å². The van der Waals surface area contributed by atoms with Gasteiger partial charge in [-0.25, -0.2) is 4.98 Å². The molecular formula is C16H20ClN3O2. The molecule has 118 valence electrons. The fourth-order valence-electron chi connectivity index (χ4n) is 3.24. The SMILES string of the molecule is CC1CCCN(Cc2cc(=O)n3cc(Cl)ccc3n2)C1CO. The number of aromatic nitrogens is 2. The quantitative estimate of drug-likeness (QED) is 0.938. The van der Waals surface area contributed by atoms with Crippen molar-refractivity contribution in [2.24, 2.45) is 5.92 Å². The van der Waals surface area contributed by atoms with Crippen LogP contribution in [0.1, 0.15) is 25.5 Å². The number of fused-ring (bicyclic) bond motifs is 1. The molecule has 2 aromatic rings. The predicted octanol–water partition coefficient (Wildman–Crippen LogP) is 1.94. The fourth-order valence-corrected chi connectivity index (χ4v) is 3.40. The molecule has 22 heavy (non-hydrogen) atoms. The topological polar surface area (TPSA) is 57.8 Å². The zero-order valence-electron chi connectivity index (χ0n) is 12.6. The van der Waals surface area contributed by atoms with E-state index in [-0.39, 0.29) is 18.2 Å². The molecule has 0 amide bonds. The van der Waals surface area contributed by atoms with Gasteiger partial charge < -0.3 is 5.11 Å². The van der Waals surface area contributed by atoms with E-state index in [2.05, 4.69) is 16.8 Å². The summed E-state index contributed by atoms with van der Waals surface area (Å²) in [5.74, 6) is 0.458. The first kappa shape index (κ1) is 15.5. The highest BCUT2D eigenvalue weighted by Gasteiger charge is 2.28. The molecule has 1 aliphatic rings. The molecule has 6 heteroatoms.